The van der Waals surface area contributed by atoms with Crippen LogP contribution in [0, 0.1) is 10.1 Å². The largest absolute Gasteiger partial charge is 0.459 e. The van der Waals surface area contributed by atoms with Crippen molar-refractivity contribution in [3.05, 3.63) is 44.5 Å². The first kappa shape index (κ1) is 12.6. The summed E-state index contributed by atoms with van der Waals surface area (Å²) in [5.74, 6) is -0.375. The van der Waals surface area contributed by atoms with E-state index >= 15 is 0 Å². The van der Waals surface area contributed by atoms with Gasteiger partial charge in [0.2, 0.25) is 0 Å². The Hall–Kier alpha value is -1.88. The first-order chi connectivity index (χ1) is 8.47. The monoisotopic (exact) mass is 267 g/mol. The average Bonchev–Trinajstić information content (AvgIpc) is 2.60. The van der Waals surface area contributed by atoms with Gasteiger partial charge in [-0.15, -0.1) is 0 Å². The fraction of sp³-hybridized carbons (Fsp3) is 0.250. The molecule has 1 aromatic rings. The molecule has 1 heterocycles. The van der Waals surface area contributed by atoms with Crippen LogP contribution < -0.4 is 0 Å². The van der Waals surface area contributed by atoms with Crippen molar-refractivity contribution in [1.82, 2.24) is 0 Å². The molecule has 0 spiro atoms. The average molecular weight is 268 g/mol. The Morgan fingerprint density at radius 3 is 2.83 bits per heavy atom. The quantitative estimate of drug-likeness (QED) is 0.357. The molecule has 6 heteroatoms. The molecule has 0 aliphatic carbocycles. The summed E-state index contributed by atoms with van der Waals surface area (Å²) >= 11 is 5.71. The van der Waals surface area contributed by atoms with Crippen molar-refractivity contribution in [2.45, 2.75) is 19.4 Å². The van der Waals surface area contributed by atoms with Crippen LogP contribution in [-0.2, 0) is 9.53 Å². The van der Waals surface area contributed by atoms with E-state index in [4.69, 9.17) is 16.3 Å². The molecule has 1 aliphatic rings. The van der Waals surface area contributed by atoms with Crippen LogP contribution in [-0.4, -0.2) is 17.0 Å². The molecule has 1 atom stereocenters. The third-order valence-electron chi connectivity index (χ3n) is 2.59. The molecule has 5 nitrogen and oxygen atoms in total. The summed E-state index contributed by atoms with van der Waals surface area (Å²) in [6.45, 7) is 1.79. The molecule has 0 aromatic heterocycles. The Morgan fingerprint density at radius 1 is 1.56 bits per heavy atom. The summed E-state index contributed by atoms with van der Waals surface area (Å²) in [6, 6.07) is 4.40. The van der Waals surface area contributed by atoms with Crippen LogP contribution in [0.2, 0.25) is 5.02 Å². The van der Waals surface area contributed by atoms with Crippen LogP contribution in [0.3, 0.4) is 0 Å². The molecule has 94 valence electrons. The molecule has 2 rings (SSSR count). The van der Waals surface area contributed by atoms with E-state index in [1.807, 2.05) is 0 Å². The number of cyclic esters (lactones) is 1. The fourth-order valence-electron chi connectivity index (χ4n) is 1.77. The van der Waals surface area contributed by atoms with Crippen LogP contribution in [0.5, 0.6) is 0 Å². The van der Waals surface area contributed by atoms with Crippen LogP contribution in [0.4, 0.5) is 5.69 Å². The molecule has 0 N–H and O–H groups in total. The Bertz CT molecular complexity index is 553. The first-order valence-corrected chi connectivity index (χ1v) is 5.70. The van der Waals surface area contributed by atoms with Gasteiger partial charge in [0.15, 0.2) is 0 Å². The number of ether oxygens (including phenoxy) is 1. The maximum absolute atomic E-state index is 11.4. The molecule has 0 saturated carbocycles. The third kappa shape index (κ3) is 2.51. The van der Waals surface area contributed by atoms with E-state index in [2.05, 4.69) is 0 Å². The second kappa shape index (κ2) is 4.78. The molecule has 1 aromatic carbocycles. The van der Waals surface area contributed by atoms with E-state index in [1.165, 1.54) is 12.1 Å². The van der Waals surface area contributed by atoms with Gasteiger partial charge in [-0.3, -0.25) is 10.1 Å². The van der Waals surface area contributed by atoms with Crippen molar-refractivity contribution in [3.8, 4) is 0 Å². The second-order valence-electron chi connectivity index (χ2n) is 4.06. The predicted molar refractivity (Wildman–Crippen MR) is 66.3 cm³/mol. The number of esters is 1. The molecule has 1 saturated heterocycles. The lowest BCUT2D eigenvalue weighted by molar-refractivity contribution is -0.384. The lowest BCUT2D eigenvalue weighted by Gasteiger charge is -1.98. The van der Waals surface area contributed by atoms with Gasteiger partial charge in [-0.2, -0.15) is 0 Å². The summed E-state index contributed by atoms with van der Waals surface area (Å²) in [6.07, 6.45) is 1.95. The highest BCUT2D eigenvalue weighted by Crippen LogP contribution is 2.28. The lowest BCUT2D eigenvalue weighted by Crippen LogP contribution is -1.99. The van der Waals surface area contributed by atoms with Crippen molar-refractivity contribution in [1.29, 1.82) is 0 Å². The van der Waals surface area contributed by atoms with Gasteiger partial charge in [0.1, 0.15) is 11.1 Å². The predicted octanol–water partition coefficient (Wildman–Crippen LogP) is 2.97. The van der Waals surface area contributed by atoms with E-state index in [0.717, 1.165) is 0 Å². The Labute approximate surface area is 108 Å². The van der Waals surface area contributed by atoms with E-state index in [-0.39, 0.29) is 22.8 Å². The number of carbonyl (C=O) groups excluding carboxylic acids is 1. The zero-order chi connectivity index (χ0) is 13.3. The van der Waals surface area contributed by atoms with Gasteiger partial charge >= 0.3 is 5.97 Å². The molecule has 0 bridgehead atoms. The highest BCUT2D eigenvalue weighted by molar-refractivity contribution is 6.32. The van der Waals surface area contributed by atoms with E-state index in [1.54, 1.807) is 19.1 Å². The van der Waals surface area contributed by atoms with Gasteiger partial charge in [0.05, 0.1) is 4.92 Å². The Morgan fingerprint density at radius 2 is 2.28 bits per heavy atom. The highest BCUT2D eigenvalue weighted by Gasteiger charge is 2.25. The van der Waals surface area contributed by atoms with E-state index in [9.17, 15) is 14.9 Å². The summed E-state index contributed by atoms with van der Waals surface area (Å²) in [5, 5.41) is 10.8. The summed E-state index contributed by atoms with van der Waals surface area (Å²) < 4.78 is 4.98. The van der Waals surface area contributed by atoms with Crippen LogP contribution in [0.25, 0.3) is 6.08 Å². The van der Waals surface area contributed by atoms with Gasteiger partial charge in [-0.05, 0) is 24.6 Å². The van der Waals surface area contributed by atoms with Gasteiger partial charge in [-0.1, -0.05) is 17.7 Å². The molecule has 18 heavy (non-hydrogen) atoms. The van der Waals surface area contributed by atoms with Gasteiger partial charge in [0.25, 0.3) is 5.69 Å². The molecular weight excluding hydrogens is 258 g/mol. The van der Waals surface area contributed by atoms with Crippen molar-refractivity contribution in [3.63, 3.8) is 0 Å². The molecule has 1 fully saturated rings. The zero-order valence-corrected chi connectivity index (χ0v) is 10.3. The molecule has 0 radical (unpaired) electrons. The minimum absolute atomic E-state index is 0.0736. The molecule has 1 unspecified atom stereocenters. The van der Waals surface area contributed by atoms with Gasteiger partial charge < -0.3 is 4.74 Å². The SMILES string of the molecule is CC1C/C(=C\c2ccc(Cl)c([N+](=O)[O-])c2)C(=O)O1. The number of nitro benzene ring substituents is 1. The number of carbonyl (C=O) groups is 1. The van der Waals surface area contributed by atoms with Crippen LogP contribution >= 0.6 is 11.6 Å². The highest BCUT2D eigenvalue weighted by atomic mass is 35.5. The van der Waals surface area contributed by atoms with Crippen molar-refractivity contribution < 1.29 is 14.5 Å². The molecule has 0 amide bonds. The van der Waals surface area contributed by atoms with Gasteiger partial charge in [0, 0.05) is 18.1 Å². The standard InChI is InChI=1S/C12H10ClNO4/c1-7-4-9(12(15)18-7)5-8-2-3-10(13)11(6-8)14(16)17/h2-3,5-7H,4H2,1H3/b9-5+. The Balaban J connectivity index is 2.35. The summed E-state index contributed by atoms with van der Waals surface area (Å²) in [4.78, 5) is 21.6. The number of hydrogen-bond acceptors (Lipinski definition) is 4. The third-order valence-corrected chi connectivity index (χ3v) is 2.91. The van der Waals surface area contributed by atoms with Crippen molar-refractivity contribution >= 4 is 29.3 Å². The lowest BCUT2D eigenvalue weighted by atomic mass is 10.1. The maximum atomic E-state index is 11.4. The summed E-state index contributed by atoms with van der Waals surface area (Å²) in [5.41, 5.74) is 0.900. The fourth-order valence-corrected chi connectivity index (χ4v) is 1.96. The van der Waals surface area contributed by atoms with E-state index < -0.39 is 4.92 Å². The Kier molecular flexibility index (Phi) is 3.34. The number of nitro groups is 1. The number of benzene rings is 1. The van der Waals surface area contributed by atoms with E-state index in [0.29, 0.717) is 17.6 Å². The second-order valence-corrected chi connectivity index (χ2v) is 4.46. The van der Waals surface area contributed by atoms with Crippen molar-refractivity contribution in [2.24, 2.45) is 0 Å². The minimum atomic E-state index is -0.556. The van der Waals surface area contributed by atoms with Crippen LogP contribution in [0.15, 0.2) is 23.8 Å². The normalized spacial score (nSPS) is 21.1. The number of nitrogens with zero attached hydrogens (tertiary/aromatic N) is 1. The number of rotatable bonds is 2. The van der Waals surface area contributed by atoms with Gasteiger partial charge in [-0.25, -0.2) is 4.79 Å². The maximum Gasteiger partial charge on any atom is 0.334 e. The smallest absolute Gasteiger partial charge is 0.334 e. The number of halogens is 1. The van der Waals surface area contributed by atoms with Crippen molar-refractivity contribution in [2.75, 3.05) is 0 Å². The zero-order valence-electron chi connectivity index (χ0n) is 9.55. The summed E-state index contributed by atoms with van der Waals surface area (Å²) in [7, 11) is 0. The number of hydrogen-bond donors (Lipinski definition) is 0. The molecular formula is C12H10ClNO4. The first-order valence-electron chi connectivity index (χ1n) is 5.33. The van der Waals surface area contributed by atoms with Crippen LogP contribution in [0.1, 0.15) is 18.9 Å². The minimum Gasteiger partial charge on any atom is -0.459 e. The molecule has 1 aliphatic heterocycles. The topological polar surface area (TPSA) is 69.4 Å².